The molecule has 27 heavy (non-hydrogen) atoms. The summed E-state index contributed by atoms with van der Waals surface area (Å²) in [5.41, 5.74) is 0.416. The van der Waals surface area contributed by atoms with E-state index in [4.69, 9.17) is 9.26 Å². The first kappa shape index (κ1) is 18.5. The zero-order valence-electron chi connectivity index (χ0n) is 14.9. The Hall–Kier alpha value is -1.90. The van der Waals surface area contributed by atoms with Gasteiger partial charge in [0.05, 0.1) is 18.8 Å². The van der Waals surface area contributed by atoms with Crippen LogP contribution in [0.15, 0.2) is 34.9 Å². The summed E-state index contributed by atoms with van der Waals surface area (Å²) in [5.74, 6) is 1.62. The van der Waals surface area contributed by atoms with Gasteiger partial charge >= 0.3 is 0 Å². The van der Waals surface area contributed by atoms with Crippen LogP contribution in [0.4, 0.5) is 4.39 Å². The van der Waals surface area contributed by atoms with Crippen LogP contribution < -0.4 is 5.32 Å². The Bertz CT molecular complexity index is 801. The number of ether oxygens (including phenoxy) is 1. The van der Waals surface area contributed by atoms with Gasteiger partial charge in [-0.25, -0.2) is 4.39 Å². The summed E-state index contributed by atoms with van der Waals surface area (Å²) in [6.07, 6.45) is 1.04. The van der Waals surface area contributed by atoms with Crippen molar-refractivity contribution in [2.45, 2.75) is 12.0 Å². The highest BCUT2D eigenvalue weighted by atomic mass is 32.2. The first-order valence-electron chi connectivity index (χ1n) is 9.08. The van der Waals surface area contributed by atoms with Crippen molar-refractivity contribution in [2.75, 3.05) is 44.4 Å². The van der Waals surface area contributed by atoms with E-state index in [1.54, 1.807) is 18.2 Å². The Morgan fingerprint density at radius 1 is 1.33 bits per heavy atom. The van der Waals surface area contributed by atoms with Gasteiger partial charge < -0.3 is 14.6 Å². The second-order valence-electron chi connectivity index (χ2n) is 6.87. The zero-order chi connectivity index (χ0) is 18.7. The summed E-state index contributed by atoms with van der Waals surface area (Å²) in [5, 5.41) is 6.83. The third-order valence-electron chi connectivity index (χ3n) is 5.22. The molecule has 2 aromatic rings. The van der Waals surface area contributed by atoms with Gasteiger partial charge in [0.2, 0.25) is 0 Å². The summed E-state index contributed by atoms with van der Waals surface area (Å²) in [6.45, 7) is 3.79. The quantitative estimate of drug-likeness (QED) is 0.844. The number of benzene rings is 1. The third-order valence-corrected chi connectivity index (χ3v) is 6.46. The molecule has 0 bridgehead atoms. The predicted molar refractivity (Wildman–Crippen MR) is 101 cm³/mol. The van der Waals surface area contributed by atoms with Gasteiger partial charge in [-0.1, -0.05) is 17.3 Å². The molecule has 1 atom stereocenters. The summed E-state index contributed by atoms with van der Waals surface area (Å²) in [6, 6.07) is 7.75. The molecule has 2 aliphatic rings. The number of carbonyl (C=O) groups is 1. The Kier molecular flexibility index (Phi) is 5.47. The minimum Gasteiger partial charge on any atom is -0.379 e. The van der Waals surface area contributed by atoms with E-state index in [2.05, 4.69) is 15.4 Å². The average molecular weight is 391 g/mol. The first-order chi connectivity index (χ1) is 13.2. The van der Waals surface area contributed by atoms with Crippen LogP contribution in [0.5, 0.6) is 0 Å². The van der Waals surface area contributed by atoms with Crippen molar-refractivity contribution in [3.8, 4) is 11.3 Å². The molecule has 8 heteroatoms. The van der Waals surface area contributed by atoms with Crippen molar-refractivity contribution in [3.05, 3.63) is 41.8 Å². The lowest BCUT2D eigenvalue weighted by molar-refractivity contribution is -0.0129. The van der Waals surface area contributed by atoms with E-state index < -0.39 is 5.82 Å². The molecule has 2 aliphatic heterocycles. The number of nitrogens with zero attached hydrogens (tertiary/aromatic N) is 2. The minimum atomic E-state index is -0.408. The number of halogens is 1. The summed E-state index contributed by atoms with van der Waals surface area (Å²) in [4.78, 5) is 15.0. The zero-order valence-corrected chi connectivity index (χ0v) is 15.8. The highest BCUT2D eigenvalue weighted by Gasteiger charge is 2.41. The highest BCUT2D eigenvalue weighted by Crippen LogP contribution is 2.33. The van der Waals surface area contributed by atoms with Crippen molar-refractivity contribution < 1.29 is 18.4 Å². The fraction of sp³-hybridized carbons (Fsp3) is 0.474. The normalized spacial score (nSPS) is 23.4. The maximum atomic E-state index is 13.9. The van der Waals surface area contributed by atoms with E-state index in [-0.39, 0.29) is 22.9 Å². The number of morpholine rings is 1. The van der Waals surface area contributed by atoms with E-state index in [9.17, 15) is 9.18 Å². The van der Waals surface area contributed by atoms with Crippen LogP contribution in [0.25, 0.3) is 11.3 Å². The van der Waals surface area contributed by atoms with Gasteiger partial charge in [-0.3, -0.25) is 9.69 Å². The molecule has 1 amide bonds. The van der Waals surface area contributed by atoms with E-state index >= 15 is 0 Å². The number of carbonyl (C=O) groups excluding carboxylic acids is 1. The lowest BCUT2D eigenvalue weighted by Gasteiger charge is -2.42. The summed E-state index contributed by atoms with van der Waals surface area (Å²) < 4.78 is 24.5. The van der Waals surface area contributed by atoms with Gasteiger partial charge in [-0.2, -0.15) is 11.8 Å². The van der Waals surface area contributed by atoms with Gasteiger partial charge in [0.15, 0.2) is 11.5 Å². The molecule has 0 aliphatic carbocycles. The molecule has 1 aromatic heterocycles. The van der Waals surface area contributed by atoms with E-state index in [0.717, 1.165) is 44.2 Å². The minimum absolute atomic E-state index is 0.0395. The molecule has 1 unspecified atom stereocenters. The topological polar surface area (TPSA) is 67.6 Å². The van der Waals surface area contributed by atoms with Crippen LogP contribution in [0, 0.1) is 5.82 Å². The molecule has 144 valence electrons. The van der Waals surface area contributed by atoms with Crippen molar-refractivity contribution in [1.29, 1.82) is 0 Å². The second kappa shape index (κ2) is 8.00. The molecule has 1 N–H and O–H groups in total. The molecule has 0 saturated carbocycles. The maximum Gasteiger partial charge on any atom is 0.273 e. The Labute approximate surface area is 161 Å². The summed E-state index contributed by atoms with van der Waals surface area (Å²) in [7, 11) is 0. The van der Waals surface area contributed by atoms with Crippen LogP contribution >= 0.6 is 11.8 Å². The van der Waals surface area contributed by atoms with E-state index in [0.29, 0.717) is 12.1 Å². The van der Waals surface area contributed by atoms with Gasteiger partial charge in [0.25, 0.3) is 5.91 Å². The van der Waals surface area contributed by atoms with Crippen LogP contribution in [-0.4, -0.2) is 65.9 Å². The molecule has 2 fully saturated rings. The maximum absolute atomic E-state index is 13.9. The van der Waals surface area contributed by atoms with E-state index in [1.807, 2.05) is 11.8 Å². The van der Waals surface area contributed by atoms with Crippen molar-refractivity contribution in [1.82, 2.24) is 15.4 Å². The van der Waals surface area contributed by atoms with Gasteiger partial charge in [-0.15, -0.1) is 0 Å². The molecule has 3 heterocycles. The lowest BCUT2D eigenvalue weighted by Crippen LogP contribution is -2.59. The lowest BCUT2D eigenvalue weighted by atomic mass is 9.95. The number of nitrogens with one attached hydrogen (secondary N) is 1. The molecular formula is C19H22FN3O3S. The molecule has 0 radical (unpaired) electrons. The first-order valence-corrected chi connectivity index (χ1v) is 10.2. The largest absolute Gasteiger partial charge is 0.379 e. The van der Waals surface area contributed by atoms with Gasteiger partial charge in [-0.05, 0) is 24.3 Å². The number of hydrogen-bond donors (Lipinski definition) is 1. The van der Waals surface area contributed by atoms with Crippen LogP contribution in [0.1, 0.15) is 16.9 Å². The monoisotopic (exact) mass is 391 g/mol. The van der Waals surface area contributed by atoms with Gasteiger partial charge in [0.1, 0.15) is 5.82 Å². The Morgan fingerprint density at radius 2 is 2.15 bits per heavy atom. The molecule has 0 spiro atoms. The number of amides is 1. The molecular weight excluding hydrogens is 369 g/mol. The number of hydrogen-bond acceptors (Lipinski definition) is 6. The fourth-order valence-electron chi connectivity index (χ4n) is 3.64. The van der Waals surface area contributed by atoms with Crippen molar-refractivity contribution in [2.24, 2.45) is 0 Å². The highest BCUT2D eigenvalue weighted by molar-refractivity contribution is 7.99. The molecule has 6 nitrogen and oxygen atoms in total. The van der Waals surface area contributed by atoms with E-state index in [1.165, 1.54) is 12.1 Å². The predicted octanol–water partition coefficient (Wildman–Crippen LogP) is 2.42. The molecule has 1 aromatic carbocycles. The Morgan fingerprint density at radius 3 is 2.89 bits per heavy atom. The smallest absolute Gasteiger partial charge is 0.273 e. The second-order valence-corrected chi connectivity index (χ2v) is 7.97. The third kappa shape index (κ3) is 3.88. The van der Waals surface area contributed by atoms with Crippen LogP contribution in [0.3, 0.4) is 0 Å². The van der Waals surface area contributed by atoms with Crippen LogP contribution in [-0.2, 0) is 4.74 Å². The van der Waals surface area contributed by atoms with Crippen LogP contribution in [0.2, 0.25) is 0 Å². The standard InChI is InChI=1S/C19H22FN3O3S/c20-15-4-2-1-3-14(15)17-11-16(22-26-17)18(24)21-12-19(5-10-27-13-19)23-6-8-25-9-7-23/h1-4,11H,5-10,12-13H2,(H,21,24). The fourth-order valence-corrected chi connectivity index (χ4v) is 5.12. The number of rotatable bonds is 5. The van der Waals surface area contributed by atoms with Gasteiger partial charge in [0, 0.05) is 37.0 Å². The van der Waals surface area contributed by atoms with Crippen molar-refractivity contribution in [3.63, 3.8) is 0 Å². The average Bonchev–Trinajstić information content (AvgIpc) is 3.38. The molecule has 4 rings (SSSR count). The molecule has 2 saturated heterocycles. The number of aromatic nitrogens is 1. The SMILES string of the molecule is O=C(NCC1(N2CCOCC2)CCSC1)c1cc(-c2ccccc2F)on1. The number of thioether (sulfide) groups is 1. The van der Waals surface area contributed by atoms with Crippen molar-refractivity contribution >= 4 is 17.7 Å². The summed E-state index contributed by atoms with van der Waals surface area (Å²) >= 11 is 1.92. The Balaban J connectivity index is 1.44.